The smallest absolute Gasteiger partial charge is 0.123 e. The van der Waals surface area contributed by atoms with Gasteiger partial charge in [0.1, 0.15) is 5.82 Å². The van der Waals surface area contributed by atoms with E-state index in [1.54, 1.807) is 0 Å². The van der Waals surface area contributed by atoms with Crippen molar-refractivity contribution in [1.82, 2.24) is 19.4 Å². The van der Waals surface area contributed by atoms with E-state index in [0.717, 1.165) is 18.6 Å². The van der Waals surface area contributed by atoms with E-state index < -0.39 is 0 Å². The lowest BCUT2D eigenvalue weighted by molar-refractivity contribution is 0.0862. The number of likely N-dealkylation sites (tertiary alicyclic amines) is 2. The van der Waals surface area contributed by atoms with Gasteiger partial charge in [0.25, 0.3) is 0 Å². The van der Waals surface area contributed by atoms with E-state index in [2.05, 4.69) is 76.9 Å². The van der Waals surface area contributed by atoms with Crippen LogP contribution in [-0.2, 0) is 20.1 Å². The van der Waals surface area contributed by atoms with E-state index in [4.69, 9.17) is 4.98 Å². The van der Waals surface area contributed by atoms with Crippen LogP contribution in [0.1, 0.15) is 36.2 Å². The highest BCUT2D eigenvalue weighted by Gasteiger charge is 2.41. The third-order valence-corrected chi connectivity index (χ3v) is 6.99. The molecule has 152 valence electrons. The first-order valence-electron chi connectivity index (χ1n) is 11.0. The van der Waals surface area contributed by atoms with E-state index >= 15 is 0 Å². The predicted octanol–water partition coefficient (Wildman–Crippen LogP) is 4.37. The largest absolute Gasteiger partial charge is 0.330 e. The molecule has 0 radical (unpaired) electrons. The second-order valence-electron chi connectivity index (χ2n) is 9.34. The molecule has 0 bridgehead atoms. The van der Waals surface area contributed by atoms with Gasteiger partial charge in [-0.3, -0.25) is 9.80 Å². The lowest BCUT2D eigenvalue weighted by Gasteiger charge is -2.40. The molecule has 1 unspecified atom stereocenters. The molecule has 1 aromatic heterocycles. The number of aryl methyl sites for hydroxylation is 2. The van der Waals surface area contributed by atoms with Gasteiger partial charge in [0.2, 0.25) is 0 Å². The average molecular weight is 389 g/mol. The normalized spacial score (nSPS) is 23.4. The van der Waals surface area contributed by atoms with Crippen LogP contribution in [0.25, 0.3) is 11.0 Å². The van der Waals surface area contributed by atoms with E-state index in [-0.39, 0.29) is 0 Å². The molecule has 2 aliphatic rings. The molecule has 29 heavy (non-hydrogen) atoms. The van der Waals surface area contributed by atoms with E-state index in [1.165, 1.54) is 67.9 Å². The molecule has 4 nitrogen and oxygen atoms in total. The second kappa shape index (κ2) is 7.58. The Hall–Kier alpha value is -2.17. The third-order valence-electron chi connectivity index (χ3n) is 6.99. The van der Waals surface area contributed by atoms with Gasteiger partial charge in [0, 0.05) is 26.7 Å². The maximum absolute atomic E-state index is 4.90. The zero-order chi connectivity index (χ0) is 19.8. The summed E-state index contributed by atoms with van der Waals surface area (Å²) in [4.78, 5) is 10.2. The Morgan fingerprint density at radius 3 is 2.59 bits per heavy atom. The topological polar surface area (TPSA) is 24.3 Å². The summed E-state index contributed by atoms with van der Waals surface area (Å²) in [5, 5.41) is 0. The first-order chi connectivity index (χ1) is 14.1. The van der Waals surface area contributed by atoms with Crippen LogP contribution in [0.3, 0.4) is 0 Å². The summed E-state index contributed by atoms with van der Waals surface area (Å²) in [6.07, 6.45) is 4.02. The summed E-state index contributed by atoms with van der Waals surface area (Å²) in [5.41, 5.74) is 5.63. The van der Waals surface area contributed by atoms with Crippen molar-refractivity contribution in [3.05, 3.63) is 65.5 Å². The molecule has 0 saturated carbocycles. The quantitative estimate of drug-likeness (QED) is 0.663. The van der Waals surface area contributed by atoms with Crippen molar-refractivity contribution in [2.24, 2.45) is 12.5 Å². The van der Waals surface area contributed by atoms with E-state index in [9.17, 15) is 0 Å². The molecular formula is C25H32N4. The van der Waals surface area contributed by atoms with Crippen LogP contribution in [0, 0.1) is 12.3 Å². The van der Waals surface area contributed by atoms with Crippen LogP contribution in [0.2, 0.25) is 0 Å². The van der Waals surface area contributed by atoms with Crippen molar-refractivity contribution in [3.8, 4) is 0 Å². The Morgan fingerprint density at radius 1 is 0.931 bits per heavy atom. The molecule has 4 heteroatoms. The fourth-order valence-corrected chi connectivity index (χ4v) is 5.55. The molecule has 1 atom stereocenters. The molecule has 1 spiro atoms. The van der Waals surface area contributed by atoms with Crippen molar-refractivity contribution in [2.45, 2.75) is 39.3 Å². The van der Waals surface area contributed by atoms with Crippen LogP contribution in [0.4, 0.5) is 0 Å². The number of aromatic nitrogens is 2. The summed E-state index contributed by atoms with van der Waals surface area (Å²) in [5.74, 6) is 1.19. The number of hydrogen-bond acceptors (Lipinski definition) is 3. The number of benzene rings is 2. The SMILES string of the molecule is Cc1cccc(CN2CCCC3(CCN(Cc4nc5ccccc5n4C)C3)C2)c1. The zero-order valence-electron chi connectivity index (χ0n) is 17.8. The van der Waals surface area contributed by atoms with Crippen LogP contribution < -0.4 is 0 Å². The number of piperidine rings is 1. The molecule has 5 rings (SSSR count). The first-order valence-corrected chi connectivity index (χ1v) is 11.0. The van der Waals surface area contributed by atoms with Crippen molar-refractivity contribution in [1.29, 1.82) is 0 Å². The highest BCUT2D eigenvalue weighted by Crippen LogP contribution is 2.39. The summed E-state index contributed by atoms with van der Waals surface area (Å²) in [7, 11) is 2.15. The first kappa shape index (κ1) is 18.8. The molecule has 2 fully saturated rings. The lowest BCUT2D eigenvalue weighted by Crippen LogP contribution is -2.44. The molecule has 2 aliphatic heterocycles. The van der Waals surface area contributed by atoms with Gasteiger partial charge in [-0.1, -0.05) is 42.0 Å². The maximum Gasteiger partial charge on any atom is 0.123 e. The second-order valence-corrected chi connectivity index (χ2v) is 9.34. The van der Waals surface area contributed by atoms with Gasteiger partial charge in [-0.25, -0.2) is 4.98 Å². The Balaban J connectivity index is 1.26. The van der Waals surface area contributed by atoms with Gasteiger partial charge >= 0.3 is 0 Å². The van der Waals surface area contributed by atoms with Gasteiger partial charge in [-0.15, -0.1) is 0 Å². The summed E-state index contributed by atoms with van der Waals surface area (Å²) < 4.78 is 2.27. The number of nitrogens with zero attached hydrogens (tertiary/aromatic N) is 4. The number of para-hydroxylation sites is 2. The van der Waals surface area contributed by atoms with Gasteiger partial charge in [-0.2, -0.15) is 0 Å². The minimum atomic E-state index is 0.465. The number of rotatable bonds is 4. The zero-order valence-corrected chi connectivity index (χ0v) is 17.8. The Morgan fingerprint density at radius 2 is 1.76 bits per heavy atom. The van der Waals surface area contributed by atoms with Crippen molar-refractivity contribution >= 4 is 11.0 Å². The van der Waals surface area contributed by atoms with Crippen molar-refractivity contribution in [2.75, 3.05) is 26.2 Å². The van der Waals surface area contributed by atoms with Crippen LogP contribution in [0.5, 0.6) is 0 Å². The molecular weight excluding hydrogens is 356 g/mol. The highest BCUT2D eigenvalue weighted by atomic mass is 15.2. The third kappa shape index (κ3) is 3.84. The van der Waals surface area contributed by atoms with Crippen molar-refractivity contribution in [3.63, 3.8) is 0 Å². The minimum Gasteiger partial charge on any atom is -0.330 e. The van der Waals surface area contributed by atoms with Gasteiger partial charge in [0.15, 0.2) is 0 Å². The molecule has 0 aliphatic carbocycles. The maximum atomic E-state index is 4.90. The Bertz CT molecular complexity index is 1010. The fourth-order valence-electron chi connectivity index (χ4n) is 5.55. The fraction of sp³-hybridized carbons (Fsp3) is 0.480. The van der Waals surface area contributed by atoms with Crippen molar-refractivity contribution < 1.29 is 0 Å². The van der Waals surface area contributed by atoms with Gasteiger partial charge < -0.3 is 4.57 Å². The van der Waals surface area contributed by atoms with E-state index in [1.807, 2.05) is 0 Å². The summed E-state index contributed by atoms with van der Waals surface area (Å²) >= 11 is 0. The van der Waals surface area contributed by atoms with Gasteiger partial charge in [-0.05, 0) is 62.4 Å². The Kier molecular flexibility index (Phi) is 4.92. The number of imidazole rings is 1. The minimum absolute atomic E-state index is 0.465. The molecule has 0 N–H and O–H groups in total. The number of hydrogen-bond donors (Lipinski definition) is 0. The van der Waals surface area contributed by atoms with Gasteiger partial charge in [0.05, 0.1) is 17.6 Å². The number of fused-ring (bicyclic) bond motifs is 1. The molecule has 2 aromatic carbocycles. The average Bonchev–Trinajstić information content (AvgIpc) is 3.23. The summed E-state index contributed by atoms with van der Waals surface area (Å²) in [6.45, 7) is 9.12. The standard InChI is InChI=1S/C25H32N4/c1-20-7-5-8-21(15-20)16-28-13-6-11-25(18-28)12-14-29(19-25)17-24-26-22-9-3-4-10-23(22)27(24)2/h3-5,7-10,15H,6,11-14,16-19H2,1-2H3. The van der Waals surface area contributed by atoms with E-state index in [0.29, 0.717) is 5.41 Å². The highest BCUT2D eigenvalue weighted by molar-refractivity contribution is 5.75. The molecule has 3 aromatic rings. The molecule has 0 amide bonds. The lowest BCUT2D eigenvalue weighted by atomic mass is 9.79. The summed E-state index contributed by atoms with van der Waals surface area (Å²) in [6, 6.07) is 17.5. The Labute approximate surface area is 174 Å². The monoisotopic (exact) mass is 388 g/mol. The molecule has 3 heterocycles. The van der Waals surface area contributed by atoms with Crippen LogP contribution >= 0.6 is 0 Å². The van der Waals surface area contributed by atoms with Crippen LogP contribution in [-0.4, -0.2) is 45.5 Å². The predicted molar refractivity (Wildman–Crippen MR) is 119 cm³/mol. The van der Waals surface area contributed by atoms with Crippen LogP contribution in [0.15, 0.2) is 48.5 Å². The molecule has 2 saturated heterocycles.